The molecular weight excluding hydrogens is 198 g/mol. The Bertz CT molecular complexity index is 386. The number of benzene rings is 1. The predicted octanol–water partition coefficient (Wildman–Crippen LogP) is 3.65. The van der Waals surface area contributed by atoms with Gasteiger partial charge in [0.2, 0.25) is 0 Å². The van der Waals surface area contributed by atoms with Crippen LogP contribution in [-0.4, -0.2) is 5.72 Å². The zero-order chi connectivity index (χ0) is 11.2. The van der Waals surface area contributed by atoms with Crippen molar-refractivity contribution in [1.82, 2.24) is 0 Å². The van der Waals surface area contributed by atoms with Crippen molar-refractivity contribution in [2.75, 3.05) is 5.06 Å². The summed E-state index contributed by atoms with van der Waals surface area (Å²) in [7, 11) is 0. The fourth-order valence-electron chi connectivity index (χ4n) is 2.83. The summed E-state index contributed by atoms with van der Waals surface area (Å²) in [5, 5.41) is 2.12. The SMILES string of the molecule is Cc1ccc(N2OC23CCCCC3C)cc1. The molecule has 1 aliphatic carbocycles. The first-order chi connectivity index (χ1) is 7.72. The molecule has 1 saturated heterocycles. The second-order valence-corrected chi connectivity index (χ2v) is 5.21. The molecule has 1 saturated carbocycles. The average Bonchev–Trinajstić information content (AvgIpc) is 3.00. The summed E-state index contributed by atoms with van der Waals surface area (Å²) >= 11 is 0. The molecule has 2 unspecified atom stereocenters. The standard InChI is InChI=1S/C14H19NO/c1-11-6-8-13(9-7-11)15-14(16-15)10-4-3-5-12(14)2/h6-9,12H,3-5,10H2,1-2H3. The van der Waals surface area contributed by atoms with E-state index in [0.717, 1.165) is 0 Å². The van der Waals surface area contributed by atoms with E-state index in [1.54, 1.807) is 0 Å². The second-order valence-electron chi connectivity index (χ2n) is 5.21. The van der Waals surface area contributed by atoms with Gasteiger partial charge in [0.25, 0.3) is 0 Å². The molecule has 2 atom stereocenters. The van der Waals surface area contributed by atoms with E-state index in [1.165, 1.54) is 36.9 Å². The largest absolute Gasteiger partial charge is 0.240 e. The Kier molecular flexibility index (Phi) is 2.21. The van der Waals surface area contributed by atoms with Crippen LogP contribution in [0.25, 0.3) is 0 Å². The van der Waals surface area contributed by atoms with Crippen molar-refractivity contribution >= 4 is 5.69 Å². The summed E-state index contributed by atoms with van der Waals surface area (Å²) in [6, 6.07) is 8.62. The topological polar surface area (TPSA) is 15.5 Å². The highest BCUT2D eigenvalue weighted by atomic mass is 16.9. The first-order valence-electron chi connectivity index (χ1n) is 6.28. The van der Waals surface area contributed by atoms with Gasteiger partial charge in [-0.05, 0) is 31.9 Å². The third-order valence-corrected chi connectivity index (χ3v) is 4.02. The molecule has 1 aliphatic heterocycles. The van der Waals surface area contributed by atoms with Gasteiger partial charge in [-0.15, -0.1) is 0 Å². The van der Waals surface area contributed by atoms with Crippen LogP contribution in [0.5, 0.6) is 0 Å². The maximum Gasteiger partial charge on any atom is 0.194 e. The number of hydrogen-bond donors (Lipinski definition) is 0. The van der Waals surface area contributed by atoms with E-state index >= 15 is 0 Å². The van der Waals surface area contributed by atoms with E-state index in [0.29, 0.717) is 5.92 Å². The molecule has 0 amide bonds. The van der Waals surface area contributed by atoms with E-state index in [1.807, 2.05) is 0 Å². The number of rotatable bonds is 1. The fraction of sp³-hybridized carbons (Fsp3) is 0.571. The Morgan fingerprint density at radius 2 is 2.00 bits per heavy atom. The number of hydroxylamine groups is 1. The van der Waals surface area contributed by atoms with Gasteiger partial charge < -0.3 is 0 Å². The van der Waals surface area contributed by atoms with Gasteiger partial charge in [-0.3, -0.25) is 0 Å². The minimum Gasteiger partial charge on any atom is -0.240 e. The lowest BCUT2D eigenvalue weighted by Crippen LogP contribution is -2.30. The summed E-state index contributed by atoms with van der Waals surface area (Å²) in [5.74, 6) is 0.655. The summed E-state index contributed by atoms with van der Waals surface area (Å²) < 4.78 is 0. The van der Waals surface area contributed by atoms with Crippen molar-refractivity contribution in [2.24, 2.45) is 5.92 Å². The minimum atomic E-state index is 0.0352. The summed E-state index contributed by atoms with van der Waals surface area (Å²) in [6.07, 6.45) is 5.13. The Labute approximate surface area is 97.2 Å². The summed E-state index contributed by atoms with van der Waals surface area (Å²) in [4.78, 5) is 5.92. The van der Waals surface area contributed by atoms with Gasteiger partial charge in [0.1, 0.15) is 0 Å². The van der Waals surface area contributed by atoms with Crippen LogP contribution >= 0.6 is 0 Å². The minimum absolute atomic E-state index is 0.0352. The maximum absolute atomic E-state index is 5.92. The lowest BCUT2D eigenvalue weighted by atomic mass is 9.84. The smallest absolute Gasteiger partial charge is 0.194 e. The van der Waals surface area contributed by atoms with Crippen molar-refractivity contribution in [3.8, 4) is 0 Å². The summed E-state index contributed by atoms with van der Waals surface area (Å²) in [6.45, 7) is 4.43. The van der Waals surface area contributed by atoms with Crippen LogP contribution in [0.3, 0.4) is 0 Å². The van der Waals surface area contributed by atoms with Crippen LogP contribution in [-0.2, 0) is 4.84 Å². The lowest BCUT2D eigenvalue weighted by molar-refractivity contribution is 0.171. The van der Waals surface area contributed by atoms with Gasteiger partial charge in [0, 0.05) is 12.3 Å². The molecule has 1 heterocycles. The predicted molar refractivity (Wildman–Crippen MR) is 65.1 cm³/mol. The van der Waals surface area contributed by atoms with Gasteiger partial charge >= 0.3 is 0 Å². The highest BCUT2D eigenvalue weighted by Crippen LogP contribution is 2.52. The molecule has 2 aliphatic rings. The first kappa shape index (κ1) is 10.2. The van der Waals surface area contributed by atoms with Crippen LogP contribution in [0.1, 0.15) is 38.2 Å². The molecule has 2 nitrogen and oxygen atoms in total. The molecule has 86 valence electrons. The molecular formula is C14H19NO. The normalized spacial score (nSPS) is 33.1. The van der Waals surface area contributed by atoms with Crippen molar-refractivity contribution in [3.63, 3.8) is 0 Å². The van der Waals surface area contributed by atoms with Gasteiger partial charge in [0.15, 0.2) is 5.72 Å². The Morgan fingerprint density at radius 3 is 2.69 bits per heavy atom. The number of anilines is 1. The second kappa shape index (κ2) is 3.49. The average molecular weight is 217 g/mol. The maximum atomic E-state index is 5.92. The van der Waals surface area contributed by atoms with Gasteiger partial charge in [-0.25, -0.2) is 9.90 Å². The van der Waals surface area contributed by atoms with Crippen molar-refractivity contribution in [1.29, 1.82) is 0 Å². The van der Waals surface area contributed by atoms with E-state index in [9.17, 15) is 0 Å². The number of nitrogens with zero attached hydrogens (tertiary/aromatic N) is 1. The highest BCUT2D eigenvalue weighted by Gasteiger charge is 2.59. The number of aryl methyl sites for hydroxylation is 1. The van der Waals surface area contributed by atoms with Crippen LogP contribution in [0.15, 0.2) is 24.3 Å². The molecule has 0 radical (unpaired) electrons. The van der Waals surface area contributed by atoms with Gasteiger partial charge in [-0.1, -0.05) is 31.0 Å². The van der Waals surface area contributed by atoms with E-state index in [4.69, 9.17) is 4.84 Å². The van der Waals surface area contributed by atoms with E-state index < -0.39 is 0 Å². The quantitative estimate of drug-likeness (QED) is 0.667. The molecule has 3 rings (SSSR count). The highest BCUT2D eigenvalue weighted by molar-refractivity contribution is 5.51. The van der Waals surface area contributed by atoms with Crippen molar-refractivity contribution in [2.45, 2.75) is 45.3 Å². The van der Waals surface area contributed by atoms with Gasteiger partial charge in [-0.2, -0.15) is 0 Å². The van der Waals surface area contributed by atoms with Crippen molar-refractivity contribution in [3.05, 3.63) is 29.8 Å². The van der Waals surface area contributed by atoms with E-state index in [-0.39, 0.29) is 5.72 Å². The molecule has 1 spiro atoms. The lowest BCUT2D eigenvalue weighted by Gasteiger charge is -2.24. The van der Waals surface area contributed by atoms with Gasteiger partial charge in [0.05, 0.1) is 5.69 Å². The van der Waals surface area contributed by atoms with Crippen LogP contribution < -0.4 is 5.06 Å². The zero-order valence-electron chi connectivity index (χ0n) is 10.1. The number of hydrogen-bond acceptors (Lipinski definition) is 2. The molecule has 2 heteroatoms. The van der Waals surface area contributed by atoms with Crippen molar-refractivity contribution < 1.29 is 4.84 Å². The third-order valence-electron chi connectivity index (χ3n) is 4.02. The Balaban J connectivity index is 1.81. The zero-order valence-corrected chi connectivity index (χ0v) is 10.1. The fourth-order valence-corrected chi connectivity index (χ4v) is 2.83. The molecule has 16 heavy (non-hydrogen) atoms. The Hall–Kier alpha value is -1.02. The molecule has 0 aromatic heterocycles. The van der Waals surface area contributed by atoms with Crippen LogP contribution in [0.2, 0.25) is 0 Å². The molecule has 1 aromatic carbocycles. The molecule has 2 fully saturated rings. The first-order valence-corrected chi connectivity index (χ1v) is 6.28. The molecule has 1 aromatic rings. The van der Waals surface area contributed by atoms with E-state index in [2.05, 4.69) is 43.2 Å². The van der Waals surface area contributed by atoms with Crippen LogP contribution in [0, 0.1) is 12.8 Å². The Morgan fingerprint density at radius 1 is 1.25 bits per heavy atom. The summed E-state index contributed by atoms with van der Waals surface area (Å²) in [5.41, 5.74) is 2.55. The monoisotopic (exact) mass is 217 g/mol. The molecule has 0 N–H and O–H groups in total. The van der Waals surface area contributed by atoms with Crippen LogP contribution in [0.4, 0.5) is 5.69 Å². The molecule has 0 bridgehead atoms. The third kappa shape index (κ3) is 1.44.